The molecule has 1 rings (SSSR count). The molecule has 0 aliphatic heterocycles. The number of nitrogens with zero attached hydrogens (tertiary/aromatic N) is 1. The average Bonchev–Trinajstić information content (AvgIpc) is 2.56. The Kier molecular flexibility index (Phi) is 3.28. The van der Waals surface area contributed by atoms with E-state index in [0.29, 0.717) is 5.69 Å². The smallest absolute Gasteiger partial charge is 0.273 e. The molecule has 0 fully saturated rings. The fraction of sp³-hybridized carbons (Fsp3) is 0.429. The summed E-state index contributed by atoms with van der Waals surface area (Å²) in [5.74, 6) is -0.212. The van der Waals surface area contributed by atoms with E-state index in [0.717, 1.165) is 5.33 Å². The highest BCUT2D eigenvalue weighted by Gasteiger charge is 2.10. The van der Waals surface area contributed by atoms with Gasteiger partial charge >= 0.3 is 0 Å². The van der Waals surface area contributed by atoms with E-state index in [1.165, 1.54) is 12.3 Å². The Morgan fingerprint density at radius 3 is 3.17 bits per heavy atom. The van der Waals surface area contributed by atoms with Gasteiger partial charge in [-0.25, -0.2) is 0 Å². The summed E-state index contributed by atoms with van der Waals surface area (Å²) in [6, 6.07) is 1.62. The predicted molar refractivity (Wildman–Crippen MR) is 47.2 cm³/mol. The maximum absolute atomic E-state index is 11.2. The first-order valence-electron chi connectivity index (χ1n) is 3.51. The Morgan fingerprint density at radius 2 is 2.67 bits per heavy atom. The number of carbonyl (C=O) groups excluding carboxylic acids is 1. The second kappa shape index (κ2) is 4.25. The van der Waals surface area contributed by atoms with Gasteiger partial charge in [-0.1, -0.05) is 21.1 Å². The van der Waals surface area contributed by atoms with E-state index in [-0.39, 0.29) is 11.9 Å². The van der Waals surface area contributed by atoms with Gasteiger partial charge in [0.05, 0.1) is 0 Å². The van der Waals surface area contributed by atoms with Crippen LogP contribution in [0.5, 0.6) is 0 Å². The first-order chi connectivity index (χ1) is 5.74. The normalized spacial score (nSPS) is 12.5. The fourth-order valence-corrected chi connectivity index (χ4v) is 0.828. The van der Waals surface area contributed by atoms with Crippen molar-refractivity contribution in [2.45, 2.75) is 13.0 Å². The van der Waals surface area contributed by atoms with Crippen LogP contribution in [-0.4, -0.2) is 22.4 Å². The summed E-state index contributed by atoms with van der Waals surface area (Å²) in [4.78, 5) is 11.2. The van der Waals surface area contributed by atoms with Crippen LogP contribution >= 0.6 is 15.9 Å². The number of alkyl halides is 1. The topological polar surface area (TPSA) is 55.1 Å². The van der Waals surface area contributed by atoms with Crippen LogP contribution in [0.25, 0.3) is 0 Å². The van der Waals surface area contributed by atoms with Gasteiger partial charge in [0.15, 0.2) is 5.69 Å². The molecule has 1 aromatic rings. The highest BCUT2D eigenvalue weighted by atomic mass is 79.9. The van der Waals surface area contributed by atoms with Gasteiger partial charge in [0.2, 0.25) is 0 Å². The van der Waals surface area contributed by atoms with Gasteiger partial charge in [-0.15, -0.1) is 0 Å². The van der Waals surface area contributed by atoms with E-state index in [1.54, 1.807) is 0 Å². The number of hydrogen-bond donors (Lipinski definition) is 1. The maximum Gasteiger partial charge on any atom is 0.273 e. The second-order valence-corrected chi connectivity index (χ2v) is 3.06. The van der Waals surface area contributed by atoms with Gasteiger partial charge in [-0.2, -0.15) is 0 Å². The first-order valence-corrected chi connectivity index (χ1v) is 4.63. The number of amides is 1. The lowest BCUT2D eigenvalue weighted by Crippen LogP contribution is -2.33. The van der Waals surface area contributed by atoms with Crippen LogP contribution in [0.15, 0.2) is 16.9 Å². The average molecular weight is 233 g/mol. The highest BCUT2D eigenvalue weighted by Crippen LogP contribution is 1.96. The van der Waals surface area contributed by atoms with Crippen molar-refractivity contribution in [3.8, 4) is 0 Å². The zero-order valence-corrected chi connectivity index (χ0v) is 8.17. The summed E-state index contributed by atoms with van der Waals surface area (Å²) < 4.78 is 4.53. The molecule has 12 heavy (non-hydrogen) atoms. The van der Waals surface area contributed by atoms with Crippen LogP contribution < -0.4 is 5.32 Å². The minimum Gasteiger partial charge on any atom is -0.364 e. The van der Waals surface area contributed by atoms with Crippen molar-refractivity contribution >= 4 is 21.8 Å². The number of hydrogen-bond acceptors (Lipinski definition) is 3. The molecule has 1 unspecified atom stereocenters. The van der Waals surface area contributed by atoms with Crippen LogP contribution in [0.3, 0.4) is 0 Å². The summed E-state index contributed by atoms with van der Waals surface area (Å²) in [7, 11) is 0. The molecule has 1 atom stereocenters. The standard InChI is InChI=1S/C7H9BrN2O2/c1-5(4-8)9-7(11)6-2-3-12-10-6/h2-3,5H,4H2,1H3,(H,9,11). The summed E-state index contributed by atoms with van der Waals surface area (Å²) in [5.41, 5.74) is 0.308. The van der Waals surface area contributed by atoms with Crippen LogP contribution in [0.2, 0.25) is 0 Å². The summed E-state index contributed by atoms with van der Waals surface area (Å²) >= 11 is 3.25. The van der Waals surface area contributed by atoms with Crippen molar-refractivity contribution in [3.05, 3.63) is 18.0 Å². The molecule has 66 valence electrons. The molecular formula is C7H9BrN2O2. The van der Waals surface area contributed by atoms with Crippen molar-refractivity contribution in [2.24, 2.45) is 0 Å². The minimum atomic E-state index is -0.212. The zero-order chi connectivity index (χ0) is 8.97. The molecule has 0 spiro atoms. The maximum atomic E-state index is 11.2. The highest BCUT2D eigenvalue weighted by molar-refractivity contribution is 9.09. The molecule has 4 nitrogen and oxygen atoms in total. The molecule has 1 N–H and O–H groups in total. The van der Waals surface area contributed by atoms with E-state index in [4.69, 9.17) is 0 Å². The Bertz CT molecular complexity index is 248. The van der Waals surface area contributed by atoms with Gasteiger partial charge < -0.3 is 9.84 Å². The second-order valence-electron chi connectivity index (χ2n) is 2.41. The molecule has 0 aliphatic carbocycles. The van der Waals surface area contributed by atoms with E-state index in [9.17, 15) is 4.79 Å². The number of halogens is 1. The molecule has 0 aromatic carbocycles. The Hall–Kier alpha value is -0.840. The van der Waals surface area contributed by atoms with Crippen LogP contribution in [-0.2, 0) is 0 Å². The van der Waals surface area contributed by atoms with Crippen molar-refractivity contribution in [3.63, 3.8) is 0 Å². The molecule has 0 aliphatic rings. The Balaban J connectivity index is 2.50. The van der Waals surface area contributed by atoms with Crippen molar-refractivity contribution in [2.75, 3.05) is 5.33 Å². The zero-order valence-electron chi connectivity index (χ0n) is 6.58. The quantitative estimate of drug-likeness (QED) is 0.797. The third kappa shape index (κ3) is 2.34. The number of nitrogens with one attached hydrogen (secondary N) is 1. The summed E-state index contributed by atoms with van der Waals surface area (Å²) in [5, 5.41) is 6.94. The van der Waals surface area contributed by atoms with Crippen molar-refractivity contribution in [1.29, 1.82) is 0 Å². The van der Waals surface area contributed by atoms with E-state index in [2.05, 4.69) is 30.9 Å². The van der Waals surface area contributed by atoms with Crippen molar-refractivity contribution < 1.29 is 9.32 Å². The number of rotatable bonds is 3. The Morgan fingerprint density at radius 1 is 1.92 bits per heavy atom. The molecule has 1 amide bonds. The Labute approximate surface area is 78.4 Å². The lowest BCUT2D eigenvalue weighted by Gasteiger charge is -2.07. The summed E-state index contributed by atoms with van der Waals surface area (Å²) in [6.07, 6.45) is 1.37. The number of carbonyl (C=O) groups is 1. The molecule has 0 saturated carbocycles. The number of aromatic nitrogens is 1. The molecular weight excluding hydrogens is 224 g/mol. The molecule has 1 heterocycles. The van der Waals surface area contributed by atoms with Crippen LogP contribution in [0, 0.1) is 0 Å². The fourth-order valence-electron chi connectivity index (χ4n) is 0.666. The molecule has 0 radical (unpaired) electrons. The SMILES string of the molecule is CC(CBr)NC(=O)c1ccon1. The molecule has 1 aromatic heterocycles. The van der Waals surface area contributed by atoms with Crippen molar-refractivity contribution in [1.82, 2.24) is 10.5 Å². The van der Waals surface area contributed by atoms with Gasteiger partial charge in [-0.3, -0.25) is 4.79 Å². The summed E-state index contributed by atoms with van der Waals surface area (Å²) in [6.45, 7) is 1.90. The van der Waals surface area contributed by atoms with Crippen LogP contribution in [0.4, 0.5) is 0 Å². The van der Waals surface area contributed by atoms with E-state index >= 15 is 0 Å². The van der Waals surface area contributed by atoms with Gasteiger partial charge in [0.25, 0.3) is 5.91 Å². The monoisotopic (exact) mass is 232 g/mol. The van der Waals surface area contributed by atoms with E-state index in [1.807, 2.05) is 6.92 Å². The largest absolute Gasteiger partial charge is 0.364 e. The lowest BCUT2D eigenvalue weighted by molar-refractivity contribution is 0.0935. The van der Waals surface area contributed by atoms with Gasteiger partial charge in [-0.05, 0) is 6.92 Å². The van der Waals surface area contributed by atoms with Crippen LogP contribution in [0.1, 0.15) is 17.4 Å². The third-order valence-electron chi connectivity index (χ3n) is 1.28. The third-order valence-corrected chi connectivity index (χ3v) is 2.25. The van der Waals surface area contributed by atoms with Gasteiger partial charge in [0.1, 0.15) is 6.26 Å². The molecule has 0 saturated heterocycles. The van der Waals surface area contributed by atoms with Gasteiger partial charge in [0, 0.05) is 17.4 Å². The minimum absolute atomic E-state index is 0.0919. The predicted octanol–water partition coefficient (Wildman–Crippen LogP) is 1.19. The first kappa shape index (κ1) is 9.25. The lowest BCUT2D eigenvalue weighted by atomic mass is 10.3. The molecule has 5 heteroatoms. The van der Waals surface area contributed by atoms with E-state index < -0.39 is 0 Å². The molecule has 0 bridgehead atoms.